The van der Waals surface area contributed by atoms with Crippen molar-refractivity contribution in [1.29, 1.82) is 0 Å². The van der Waals surface area contributed by atoms with E-state index >= 15 is 0 Å². The molecule has 1 aromatic carbocycles. The van der Waals surface area contributed by atoms with E-state index in [2.05, 4.69) is 4.74 Å². The third-order valence-electron chi connectivity index (χ3n) is 2.04. The first-order chi connectivity index (χ1) is 8.41. The van der Waals surface area contributed by atoms with E-state index in [0.29, 0.717) is 0 Å². The van der Waals surface area contributed by atoms with E-state index in [0.717, 1.165) is 13.0 Å². The predicted octanol–water partition coefficient (Wildman–Crippen LogP) is 2.34. The van der Waals surface area contributed by atoms with E-state index in [4.69, 9.17) is 5.11 Å². The van der Waals surface area contributed by atoms with Crippen molar-refractivity contribution >= 4 is 17.8 Å². The number of carbonyl (C=O) groups is 2. The Morgan fingerprint density at radius 2 is 1.94 bits per heavy atom. The van der Waals surface area contributed by atoms with Gasteiger partial charge in [0.1, 0.15) is 11.3 Å². The molecule has 0 saturated carbocycles. The topological polar surface area (TPSA) is 63.6 Å². The van der Waals surface area contributed by atoms with Crippen LogP contribution >= 0.6 is 0 Å². The lowest BCUT2D eigenvalue weighted by molar-refractivity contribution is -0.134. The maximum absolute atomic E-state index is 12.1. The summed E-state index contributed by atoms with van der Waals surface area (Å²) in [5, 5.41) is 8.80. The molecule has 1 aromatic rings. The summed E-state index contributed by atoms with van der Waals surface area (Å²) in [7, 11) is 0. The highest BCUT2D eigenvalue weighted by molar-refractivity contribution is 6.19. The van der Waals surface area contributed by atoms with Gasteiger partial charge in [0.15, 0.2) is 5.78 Å². The van der Waals surface area contributed by atoms with Crippen LogP contribution in [-0.4, -0.2) is 23.5 Å². The van der Waals surface area contributed by atoms with Crippen LogP contribution in [0.5, 0.6) is 5.75 Å². The molecule has 0 aliphatic carbocycles. The molecule has 0 fully saturated rings. The number of rotatable bonds is 5. The second-order valence-corrected chi connectivity index (χ2v) is 3.34. The van der Waals surface area contributed by atoms with Gasteiger partial charge in [-0.05, 0) is 19.1 Å². The Balaban J connectivity index is 3.20. The van der Waals surface area contributed by atoms with Gasteiger partial charge < -0.3 is 9.84 Å². The van der Waals surface area contributed by atoms with Crippen LogP contribution in [-0.2, 0) is 9.59 Å². The molecular formula is C12H10F2O4. The van der Waals surface area contributed by atoms with Crippen molar-refractivity contribution in [2.24, 2.45) is 0 Å². The Labute approximate surface area is 101 Å². The zero-order chi connectivity index (χ0) is 13.7. The molecule has 0 unspecified atom stereocenters. The van der Waals surface area contributed by atoms with Crippen LogP contribution in [0.15, 0.2) is 29.8 Å². The maximum atomic E-state index is 12.1. The minimum atomic E-state index is -3.02. The molecule has 1 N–H and O–H groups in total. The molecule has 0 aliphatic heterocycles. The zero-order valence-corrected chi connectivity index (χ0v) is 9.39. The highest BCUT2D eigenvalue weighted by Gasteiger charge is 2.15. The largest absolute Gasteiger partial charge is 0.478 e. The van der Waals surface area contributed by atoms with E-state index in [1.807, 2.05) is 0 Å². The molecular weight excluding hydrogens is 246 g/mol. The van der Waals surface area contributed by atoms with Crippen LogP contribution in [0.25, 0.3) is 6.08 Å². The van der Waals surface area contributed by atoms with Crippen molar-refractivity contribution in [2.75, 3.05) is 0 Å². The number of halogens is 2. The zero-order valence-electron chi connectivity index (χ0n) is 9.39. The molecule has 0 radical (unpaired) electrons. The van der Waals surface area contributed by atoms with Crippen LogP contribution < -0.4 is 4.74 Å². The minimum absolute atomic E-state index is 0.102. The molecule has 0 amide bonds. The van der Waals surface area contributed by atoms with Gasteiger partial charge in [-0.15, -0.1) is 0 Å². The number of ether oxygens (including phenoxy) is 1. The summed E-state index contributed by atoms with van der Waals surface area (Å²) in [5.41, 5.74) is -0.397. The van der Waals surface area contributed by atoms with Crippen molar-refractivity contribution in [3.63, 3.8) is 0 Å². The van der Waals surface area contributed by atoms with Crippen molar-refractivity contribution < 1.29 is 28.2 Å². The molecule has 0 bridgehead atoms. The molecule has 4 nitrogen and oxygen atoms in total. The lowest BCUT2D eigenvalue weighted by Crippen LogP contribution is -2.09. The first kappa shape index (κ1) is 13.8. The fraction of sp³-hybridized carbons (Fsp3) is 0.167. The van der Waals surface area contributed by atoms with E-state index in [9.17, 15) is 18.4 Å². The second kappa shape index (κ2) is 5.90. The monoisotopic (exact) mass is 256 g/mol. The van der Waals surface area contributed by atoms with Gasteiger partial charge in [0.2, 0.25) is 0 Å². The molecule has 0 saturated heterocycles. The number of benzene rings is 1. The smallest absolute Gasteiger partial charge is 0.387 e. The fourth-order valence-electron chi connectivity index (χ4n) is 1.27. The summed E-state index contributed by atoms with van der Waals surface area (Å²) in [6.07, 6.45) is 1.00. The lowest BCUT2D eigenvalue weighted by atomic mass is 10.1. The van der Waals surface area contributed by atoms with Gasteiger partial charge in [0.05, 0.1) is 0 Å². The fourth-order valence-corrected chi connectivity index (χ4v) is 1.27. The normalized spacial score (nSPS) is 11.4. The molecule has 18 heavy (non-hydrogen) atoms. The van der Waals surface area contributed by atoms with E-state index in [1.165, 1.54) is 24.3 Å². The number of hydrogen-bond donors (Lipinski definition) is 1. The van der Waals surface area contributed by atoms with Gasteiger partial charge in [-0.3, -0.25) is 4.79 Å². The minimum Gasteiger partial charge on any atom is -0.478 e. The third-order valence-corrected chi connectivity index (χ3v) is 2.04. The van der Waals surface area contributed by atoms with Crippen LogP contribution in [0.4, 0.5) is 8.78 Å². The van der Waals surface area contributed by atoms with Crippen LogP contribution in [0.3, 0.4) is 0 Å². The molecule has 0 spiro atoms. The van der Waals surface area contributed by atoms with Gasteiger partial charge in [-0.25, -0.2) is 4.79 Å². The second-order valence-electron chi connectivity index (χ2n) is 3.34. The first-order valence-corrected chi connectivity index (χ1v) is 4.91. The molecule has 6 heteroatoms. The molecule has 96 valence electrons. The Kier molecular flexibility index (Phi) is 4.53. The predicted molar refractivity (Wildman–Crippen MR) is 59.4 cm³/mol. The Morgan fingerprint density at radius 3 is 2.44 bits per heavy atom. The third kappa shape index (κ3) is 3.65. The molecule has 0 aliphatic rings. The summed E-state index contributed by atoms with van der Waals surface area (Å²) in [6.45, 7) is -1.94. The summed E-state index contributed by atoms with van der Waals surface area (Å²) >= 11 is 0. The number of hydrogen-bond acceptors (Lipinski definition) is 3. The Morgan fingerprint density at radius 1 is 1.33 bits per heavy atom. The van der Waals surface area contributed by atoms with Crippen LogP contribution in [0, 0.1) is 0 Å². The van der Waals surface area contributed by atoms with Gasteiger partial charge in [-0.2, -0.15) is 8.78 Å². The number of aliphatic carboxylic acids is 1. The SMILES string of the molecule is CC(=O)C(=Cc1ccccc1OC(F)F)C(=O)O. The number of carbonyl (C=O) groups excluding carboxylic acids is 1. The van der Waals surface area contributed by atoms with E-state index < -0.39 is 23.9 Å². The number of ketones is 1. The number of carboxylic acids is 1. The first-order valence-electron chi connectivity index (χ1n) is 4.91. The molecule has 1 rings (SSSR count). The van der Waals surface area contributed by atoms with Crippen molar-refractivity contribution in [2.45, 2.75) is 13.5 Å². The summed E-state index contributed by atoms with van der Waals surface area (Å²) in [4.78, 5) is 21.9. The van der Waals surface area contributed by atoms with Crippen molar-refractivity contribution in [3.05, 3.63) is 35.4 Å². The summed E-state index contributed by atoms with van der Waals surface area (Å²) in [6, 6.07) is 5.62. The quantitative estimate of drug-likeness (QED) is 0.499. The van der Waals surface area contributed by atoms with Gasteiger partial charge >= 0.3 is 12.6 Å². The van der Waals surface area contributed by atoms with Gasteiger partial charge in [0.25, 0.3) is 0 Å². The number of para-hydroxylation sites is 1. The summed E-state index contributed by atoms with van der Waals surface area (Å²) < 4.78 is 28.5. The average molecular weight is 256 g/mol. The summed E-state index contributed by atoms with van der Waals surface area (Å²) in [5.74, 6) is -2.28. The average Bonchev–Trinajstić information content (AvgIpc) is 2.26. The number of alkyl halides is 2. The van der Waals surface area contributed by atoms with E-state index in [-0.39, 0.29) is 11.3 Å². The van der Waals surface area contributed by atoms with E-state index in [1.54, 1.807) is 0 Å². The highest BCUT2D eigenvalue weighted by Crippen LogP contribution is 2.23. The maximum Gasteiger partial charge on any atom is 0.387 e. The standard InChI is InChI=1S/C12H10F2O4/c1-7(15)9(11(16)17)6-8-4-2-3-5-10(8)18-12(13)14/h2-6,12H,1H3,(H,16,17). The molecule has 0 atom stereocenters. The van der Waals surface area contributed by atoms with Crippen molar-refractivity contribution in [1.82, 2.24) is 0 Å². The highest BCUT2D eigenvalue weighted by atomic mass is 19.3. The van der Waals surface area contributed by atoms with Gasteiger partial charge in [-0.1, -0.05) is 18.2 Å². The number of Topliss-reactive ketones (excluding diaryl/α,β-unsaturated/α-hetero) is 1. The van der Waals surface area contributed by atoms with Crippen LogP contribution in [0.1, 0.15) is 12.5 Å². The Hall–Kier alpha value is -2.24. The molecule has 0 heterocycles. The van der Waals surface area contributed by atoms with Crippen molar-refractivity contribution in [3.8, 4) is 5.75 Å². The number of carboxylic acid groups (broad SMARTS) is 1. The Bertz CT molecular complexity index is 479. The van der Waals surface area contributed by atoms with Crippen LogP contribution in [0.2, 0.25) is 0 Å². The van der Waals surface area contributed by atoms with Gasteiger partial charge in [0, 0.05) is 5.56 Å². The molecule has 0 aromatic heterocycles. The lowest BCUT2D eigenvalue weighted by Gasteiger charge is -2.08.